The molecule has 0 fully saturated rings. The van der Waals surface area contributed by atoms with Crippen molar-refractivity contribution in [2.75, 3.05) is 26.0 Å². The number of ether oxygens (including phenoxy) is 1. The van der Waals surface area contributed by atoms with Crippen LogP contribution in [0.1, 0.15) is 66.6 Å². The Morgan fingerprint density at radius 3 is 2.55 bits per heavy atom. The predicted molar refractivity (Wildman–Crippen MR) is 125 cm³/mol. The summed E-state index contributed by atoms with van der Waals surface area (Å²) in [6, 6.07) is 5.24. The maximum atomic E-state index is 12.9. The topological polar surface area (TPSA) is 107 Å². The van der Waals surface area contributed by atoms with E-state index in [1.165, 1.54) is 4.90 Å². The molecule has 0 aromatic carbocycles. The van der Waals surface area contributed by atoms with Crippen molar-refractivity contribution in [1.29, 1.82) is 0 Å². The van der Waals surface area contributed by atoms with E-state index in [1.807, 2.05) is 26.8 Å². The zero-order chi connectivity index (χ0) is 24.3. The molecular formula is C23H28N4O5S. The lowest BCUT2D eigenvalue weighted by atomic mass is 10.1. The Kier molecular flexibility index (Phi) is 7.37. The van der Waals surface area contributed by atoms with E-state index >= 15 is 0 Å². The molecule has 0 radical (unpaired) electrons. The molecule has 176 valence electrons. The molecule has 0 spiro atoms. The van der Waals surface area contributed by atoms with Crippen molar-refractivity contribution in [3.63, 3.8) is 0 Å². The van der Waals surface area contributed by atoms with Crippen LogP contribution in [0.15, 0.2) is 22.6 Å². The Morgan fingerprint density at radius 2 is 1.94 bits per heavy atom. The van der Waals surface area contributed by atoms with Crippen LogP contribution in [0.2, 0.25) is 0 Å². The molecule has 0 saturated heterocycles. The van der Waals surface area contributed by atoms with Gasteiger partial charge in [-0.15, -0.1) is 11.3 Å². The van der Waals surface area contributed by atoms with E-state index in [0.717, 1.165) is 22.7 Å². The SMILES string of the molecule is CCCOC(=O)c1c(NC(=O)c2ccc(Cn3nc(C)cc3C)o2)sc(C(=O)N(C)C)c1C. The van der Waals surface area contributed by atoms with Crippen molar-refractivity contribution >= 4 is 34.1 Å². The van der Waals surface area contributed by atoms with Crippen LogP contribution in [0, 0.1) is 20.8 Å². The average Bonchev–Trinajstić information content (AvgIpc) is 3.43. The highest BCUT2D eigenvalue weighted by atomic mass is 32.1. The Labute approximate surface area is 196 Å². The summed E-state index contributed by atoms with van der Waals surface area (Å²) in [5.74, 6) is -0.703. The van der Waals surface area contributed by atoms with E-state index in [0.29, 0.717) is 29.2 Å². The average molecular weight is 473 g/mol. The lowest BCUT2D eigenvalue weighted by Gasteiger charge is -2.09. The second-order valence-corrected chi connectivity index (χ2v) is 8.92. The fourth-order valence-electron chi connectivity index (χ4n) is 3.25. The van der Waals surface area contributed by atoms with Crippen LogP contribution in [0.5, 0.6) is 0 Å². The summed E-state index contributed by atoms with van der Waals surface area (Å²) >= 11 is 1.04. The van der Waals surface area contributed by atoms with Crippen LogP contribution in [0.3, 0.4) is 0 Å². The van der Waals surface area contributed by atoms with Gasteiger partial charge in [-0.3, -0.25) is 14.3 Å². The molecule has 0 bridgehead atoms. The molecule has 10 heteroatoms. The van der Waals surface area contributed by atoms with Gasteiger partial charge >= 0.3 is 5.97 Å². The Balaban J connectivity index is 1.85. The van der Waals surface area contributed by atoms with E-state index < -0.39 is 11.9 Å². The smallest absolute Gasteiger partial charge is 0.341 e. The van der Waals surface area contributed by atoms with Gasteiger partial charge in [0.25, 0.3) is 11.8 Å². The van der Waals surface area contributed by atoms with Crippen LogP contribution < -0.4 is 5.32 Å². The first-order chi connectivity index (χ1) is 15.6. The first-order valence-electron chi connectivity index (χ1n) is 10.6. The number of thiophene rings is 1. The molecular weight excluding hydrogens is 444 g/mol. The van der Waals surface area contributed by atoms with Gasteiger partial charge in [-0.05, 0) is 51.0 Å². The second-order valence-electron chi connectivity index (χ2n) is 7.90. The van der Waals surface area contributed by atoms with Crippen molar-refractivity contribution in [1.82, 2.24) is 14.7 Å². The molecule has 0 unspecified atom stereocenters. The highest BCUT2D eigenvalue weighted by molar-refractivity contribution is 7.18. The summed E-state index contributed by atoms with van der Waals surface area (Å²) in [5.41, 5.74) is 2.54. The first kappa shape index (κ1) is 24.2. The molecule has 0 aliphatic heterocycles. The van der Waals surface area contributed by atoms with Gasteiger partial charge in [0.1, 0.15) is 10.8 Å². The van der Waals surface area contributed by atoms with Crippen molar-refractivity contribution in [2.24, 2.45) is 0 Å². The third-order valence-corrected chi connectivity index (χ3v) is 6.11. The van der Waals surface area contributed by atoms with Crippen molar-refractivity contribution < 1.29 is 23.5 Å². The number of hydrogen-bond acceptors (Lipinski definition) is 7. The number of esters is 1. The third kappa shape index (κ3) is 5.33. The van der Waals surface area contributed by atoms with Crippen molar-refractivity contribution in [2.45, 2.75) is 40.7 Å². The van der Waals surface area contributed by atoms with E-state index in [2.05, 4.69) is 10.4 Å². The summed E-state index contributed by atoms with van der Waals surface area (Å²) in [6.45, 7) is 8.05. The molecule has 0 aliphatic rings. The third-order valence-electron chi connectivity index (χ3n) is 4.91. The summed E-state index contributed by atoms with van der Waals surface area (Å²) in [7, 11) is 3.25. The number of carbonyl (C=O) groups excluding carboxylic acids is 3. The fraction of sp³-hybridized carbons (Fsp3) is 0.391. The maximum absolute atomic E-state index is 12.9. The number of furan rings is 1. The number of carbonyl (C=O) groups is 3. The minimum atomic E-state index is -0.580. The number of anilines is 1. The molecule has 3 aromatic heterocycles. The van der Waals surface area contributed by atoms with Gasteiger partial charge < -0.3 is 19.4 Å². The summed E-state index contributed by atoms with van der Waals surface area (Å²) < 4.78 is 12.8. The second kappa shape index (κ2) is 10.0. The van der Waals surface area contributed by atoms with Gasteiger partial charge in [0.15, 0.2) is 5.76 Å². The summed E-state index contributed by atoms with van der Waals surface area (Å²) in [6.07, 6.45) is 0.657. The van der Waals surface area contributed by atoms with E-state index in [-0.39, 0.29) is 28.8 Å². The molecule has 1 N–H and O–H groups in total. The van der Waals surface area contributed by atoms with Gasteiger partial charge in [-0.2, -0.15) is 5.10 Å². The lowest BCUT2D eigenvalue weighted by molar-refractivity contribution is 0.0506. The minimum absolute atomic E-state index is 0.0888. The Hall–Kier alpha value is -3.40. The zero-order valence-corrected chi connectivity index (χ0v) is 20.5. The number of hydrogen-bond donors (Lipinski definition) is 1. The van der Waals surface area contributed by atoms with Gasteiger partial charge in [0.2, 0.25) is 0 Å². The van der Waals surface area contributed by atoms with Gasteiger partial charge in [0, 0.05) is 19.8 Å². The minimum Gasteiger partial charge on any atom is -0.462 e. The Bertz CT molecular complexity index is 1190. The monoisotopic (exact) mass is 472 g/mol. The molecule has 2 amide bonds. The fourth-order valence-corrected chi connectivity index (χ4v) is 4.46. The zero-order valence-electron chi connectivity index (χ0n) is 19.6. The largest absolute Gasteiger partial charge is 0.462 e. The highest BCUT2D eigenvalue weighted by Gasteiger charge is 2.28. The van der Waals surface area contributed by atoms with Crippen LogP contribution in [-0.2, 0) is 11.3 Å². The molecule has 0 atom stereocenters. The summed E-state index contributed by atoms with van der Waals surface area (Å²) in [5, 5.41) is 7.37. The highest BCUT2D eigenvalue weighted by Crippen LogP contribution is 2.35. The first-order valence-corrected chi connectivity index (χ1v) is 11.4. The number of nitrogens with one attached hydrogen (secondary N) is 1. The number of rotatable bonds is 8. The van der Waals surface area contributed by atoms with Crippen LogP contribution >= 0.6 is 11.3 Å². The molecule has 0 saturated carbocycles. The molecule has 3 rings (SSSR count). The van der Waals surface area contributed by atoms with E-state index in [9.17, 15) is 14.4 Å². The number of amides is 2. The molecule has 9 nitrogen and oxygen atoms in total. The lowest BCUT2D eigenvalue weighted by Crippen LogP contribution is -2.21. The predicted octanol–water partition coefficient (Wildman–Crippen LogP) is 4.03. The number of aromatic nitrogens is 2. The van der Waals surface area contributed by atoms with Gasteiger partial charge in [0.05, 0.1) is 29.3 Å². The van der Waals surface area contributed by atoms with Crippen molar-refractivity contribution in [3.8, 4) is 0 Å². The molecule has 3 aromatic rings. The van der Waals surface area contributed by atoms with Gasteiger partial charge in [-0.1, -0.05) is 6.92 Å². The molecule has 3 heterocycles. The molecule has 0 aliphatic carbocycles. The van der Waals surface area contributed by atoms with Crippen LogP contribution in [-0.4, -0.2) is 53.2 Å². The van der Waals surface area contributed by atoms with Gasteiger partial charge in [-0.25, -0.2) is 4.79 Å². The van der Waals surface area contributed by atoms with Crippen LogP contribution in [0.4, 0.5) is 5.00 Å². The van der Waals surface area contributed by atoms with Crippen molar-refractivity contribution in [3.05, 3.63) is 57.1 Å². The standard InChI is InChI=1S/C23H28N4O5S/c1-7-10-31-23(30)18-15(4)19(22(29)26(5)6)33-21(18)24-20(28)17-9-8-16(32-17)12-27-14(3)11-13(2)25-27/h8-9,11H,7,10,12H2,1-6H3,(H,24,28). The van der Waals surface area contributed by atoms with E-state index in [4.69, 9.17) is 9.15 Å². The van der Waals surface area contributed by atoms with E-state index in [1.54, 1.807) is 37.8 Å². The number of aryl methyl sites for hydroxylation is 2. The van der Waals surface area contributed by atoms with Crippen LogP contribution in [0.25, 0.3) is 0 Å². The maximum Gasteiger partial charge on any atom is 0.341 e. The normalized spacial score (nSPS) is 10.8. The number of nitrogens with zero attached hydrogens (tertiary/aromatic N) is 3. The quantitative estimate of drug-likeness (QED) is 0.496. The summed E-state index contributed by atoms with van der Waals surface area (Å²) in [4.78, 5) is 39.9. The molecule has 33 heavy (non-hydrogen) atoms. The Morgan fingerprint density at radius 1 is 1.21 bits per heavy atom.